The van der Waals surface area contributed by atoms with Crippen LogP contribution in [0.25, 0.3) is 0 Å². The van der Waals surface area contributed by atoms with Crippen molar-refractivity contribution < 1.29 is 9.53 Å². The highest BCUT2D eigenvalue weighted by atomic mass is 16.6. The highest BCUT2D eigenvalue weighted by Crippen LogP contribution is 2.16. The number of nitrogens with zero attached hydrogens (tertiary/aromatic N) is 1. The summed E-state index contributed by atoms with van der Waals surface area (Å²) in [4.78, 5) is 13.3. The second-order valence-corrected chi connectivity index (χ2v) is 4.73. The van der Waals surface area contributed by atoms with Gasteiger partial charge in [0.15, 0.2) is 0 Å². The minimum atomic E-state index is -0.270. The zero-order chi connectivity index (χ0) is 11.4. The van der Waals surface area contributed by atoms with E-state index in [-0.39, 0.29) is 12.2 Å². The Morgan fingerprint density at radius 1 is 1.62 bits per heavy atom. The largest absolute Gasteiger partial charge is 0.443 e. The van der Waals surface area contributed by atoms with Gasteiger partial charge in [-0.2, -0.15) is 0 Å². The van der Waals surface area contributed by atoms with Crippen molar-refractivity contribution >= 4 is 6.09 Å². The summed E-state index contributed by atoms with van der Waals surface area (Å²) >= 11 is 0. The molecule has 1 amide bonds. The summed E-state index contributed by atoms with van der Waals surface area (Å²) in [5.74, 6) is 0.740. The van der Waals surface area contributed by atoms with Crippen LogP contribution in [0.2, 0.25) is 0 Å². The van der Waals surface area contributed by atoms with E-state index in [2.05, 4.69) is 15.5 Å². The standard InChI is InChI=1S/C11H21N3O2/c1-12-5-9-3-2-4-14(7-9)8-10-6-13-11(15)16-10/h9-10,12H,2-8H2,1H3,(H,13,15). The predicted molar refractivity (Wildman–Crippen MR) is 61.4 cm³/mol. The van der Waals surface area contributed by atoms with Crippen molar-refractivity contribution in [3.8, 4) is 0 Å². The molecule has 0 aliphatic carbocycles. The van der Waals surface area contributed by atoms with E-state index in [1.165, 1.54) is 12.8 Å². The molecule has 0 aromatic rings. The Morgan fingerprint density at radius 2 is 2.50 bits per heavy atom. The fourth-order valence-electron chi connectivity index (χ4n) is 2.59. The topological polar surface area (TPSA) is 53.6 Å². The van der Waals surface area contributed by atoms with Crippen LogP contribution in [0.1, 0.15) is 12.8 Å². The Labute approximate surface area is 96.5 Å². The van der Waals surface area contributed by atoms with Crippen LogP contribution in [0.4, 0.5) is 4.79 Å². The Morgan fingerprint density at radius 3 is 3.19 bits per heavy atom. The van der Waals surface area contributed by atoms with E-state index in [1.807, 2.05) is 7.05 Å². The molecule has 0 spiro atoms. The maximum atomic E-state index is 10.9. The number of piperidine rings is 1. The van der Waals surface area contributed by atoms with Gasteiger partial charge in [-0.3, -0.25) is 4.90 Å². The molecule has 0 aromatic heterocycles. The number of hydrogen-bond donors (Lipinski definition) is 2. The molecule has 2 aliphatic heterocycles. The summed E-state index contributed by atoms with van der Waals surface area (Å²) in [5, 5.41) is 5.93. The first kappa shape index (κ1) is 11.7. The summed E-state index contributed by atoms with van der Waals surface area (Å²) in [6.45, 7) is 4.87. The SMILES string of the molecule is CNCC1CCCN(CC2CNC(=O)O2)C1. The second-order valence-electron chi connectivity index (χ2n) is 4.73. The number of hydrogen-bond acceptors (Lipinski definition) is 4. The van der Waals surface area contributed by atoms with E-state index in [4.69, 9.17) is 4.74 Å². The summed E-state index contributed by atoms with van der Waals surface area (Å²) in [6.07, 6.45) is 2.33. The molecule has 2 unspecified atom stereocenters. The molecule has 0 bridgehead atoms. The van der Waals surface area contributed by atoms with Gasteiger partial charge >= 0.3 is 6.09 Å². The maximum Gasteiger partial charge on any atom is 0.407 e. The number of rotatable bonds is 4. The minimum Gasteiger partial charge on any atom is -0.443 e. The molecule has 0 saturated carbocycles. The lowest BCUT2D eigenvalue weighted by Crippen LogP contribution is -2.43. The molecular formula is C11H21N3O2. The highest BCUT2D eigenvalue weighted by molar-refractivity contribution is 5.69. The normalized spacial score (nSPS) is 31.2. The number of ether oxygens (including phenoxy) is 1. The molecule has 92 valence electrons. The Hall–Kier alpha value is -0.810. The minimum absolute atomic E-state index is 0.0424. The molecule has 0 radical (unpaired) electrons. The van der Waals surface area contributed by atoms with Crippen LogP contribution in [-0.2, 0) is 4.74 Å². The van der Waals surface area contributed by atoms with Gasteiger partial charge in [0.2, 0.25) is 0 Å². The van der Waals surface area contributed by atoms with Crippen molar-refractivity contribution in [1.82, 2.24) is 15.5 Å². The van der Waals surface area contributed by atoms with Gasteiger partial charge in [-0.1, -0.05) is 0 Å². The van der Waals surface area contributed by atoms with Gasteiger partial charge in [-0.25, -0.2) is 4.79 Å². The lowest BCUT2D eigenvalue weighted by Gasteiger charge is -2.33. The average Bonchev–Trinajstić information content (AvgIpc) is 2.65. The van der Waals surface area contributed by atoms with Gasteiger partial charge in [0.25, 0.3) is 0 Å². The van der Waals surface area contributed by atoms with Gasteiger partial charge in [-0.05, 0) is 38.9 Å². The van der Waals surface area contributed by atoms with Gasteiger partial charge < -0.3 is 15.4 Å². The number of nitrogens with one attached hydrogen (secondary N) is 2. The molecule has 2 heterocycles. The summed E-state index contributed by atoms with van der Waals surface area (Å²) in [5.41, 5.74) is 0. The van der Waals surface area contributed by atoms with Crippen LogP contribution in [0.15, 0.2) is 0 Å². The average molecular weight is 227 g/mol. The number of carbonyl (C=O) groups is 1. The lowest BCUT2D eigenvalue weighted by molar-refractivity contribution is 0.0876. The number of amides is 1. The van der Waals surface area contributed by atoms with Crippen molar-refractivity contribution in [1.29, 1.82) is 0 Å². The fraction of sp³-hybridized carbons (Fsp3) is 0.909. The molecule has 0 aromatic carbocycles. The Balaban J connectivity index is 1.74. The number of likely N-dealkylation sites (tertiary alicyclic amines) is 1. The fourth-order valence-corrected chi connectivity index (χ4v) is 2.59. The molecule has 16 heavy (non-hydrogen) atoms. The number of alkyl carbamates (subject to hydrolysis) is 1. The van der Waals surface area contributed by atoms with E-state index >= 15 is 0 Å². The summed E-state index contributed by atoms with van der Waals surface area (Å²) in [6, 6.07) is 0. The third-order valence-corrected chi connectivity index (χ3v) is 3.31. The van der Waals surface area contributed by atoms with Crippen LogP contribution in [0.5, 0.6) is 0 Å². The van der Waals surface area contributed by atoms with Crippen molar-refractivity contribution in [2.24, 2.45) is 5.92 Å². The first-order valence-electron chi connectivity index (χ1n) is 6.09. The smallest absolute Gasteiger partial charge is 0.407 e. The van der Waals surface area contributed by atoms with E-state index in [1.54, 1.807) is 0 Å². The Bertz CT molecular complexity index is 245. The predicted octanol–water partition coefficient (Wildman–Crippen LogP) is 0.0262. The number of cyclic esters (lactones) is 1. The van der Waals surface area contributed by atoms with Gasteiger partial charge in [0.05, 0.1) is 6.54 Å². The Kier molecular flexibility index (Phi) is 4.01. The molecule has 5 nitrogen and oxygen atoms in total. The van der Waals surface area contributed by atoms with Crippen LogP contribution in [-0.4, -0.2) is 56.9 Å². The molecule has 2 N–H and O–H groups in total. The van der Waals surface area contributed by atoms with Crippen molar-refractivity contribution in [3.63, 3.8) is 0 Å². The lowest BCUT2D eigenvalue weighted by atomic mass is 9.98. The van der Waals surface area contributed by atoms with E-state index in [0.29, 0.717) is 6.54 Å². The monoisotopic (exact) mass is 227 g/mol. The van der Waals surface area contributed by atoms with Crippen molar-refractivity contribution in [2.45, 2.75) is 18.9 Å². The van der Waals surface area contributed by atoms with Gasteiger partial charge in [0.1, 0.15) is 6.10 Å². The summed E-state index contributed by atoms with van der Waals surface area (Å²) < 4.78 is 5.15. The zero-order valence-corrected chi connectivity index (χ0v) is 9.87. The quantitative estimate of drug-likeness (QED) is 0.711. The molecule has 2 saturated heterocycles. The molecular weight excluding hydrogens is 206 g/mol. The van der Waals surface area contributed by atoms with Crippen molar-refractivity contribution in [3.05, 3.63) is 0 Å². The third kappa shape index (κ3) is 3.09. The van der Waals surface area contributed by atoms with Gasteiger partial charge in [-0.15, -0.1) is 0 Å². The van der Waals surface area contributed by atoms with Gasteiger partial charge in [0, 0.05) is 13.1 Å². The van der Waals surface area contributed by atoms with E-state index in [0.717, 1.165) is 32.1 Å². The molecule has 2 aliphatic rings. The highest BCUT2D eigenvalue weighted by Gasteiger charge is 2.27. The zero-order valence-electron chi connectivity index (χ0n) is 9.87. The van der Waals surface area contributed by atoms with Crippen LogP contribution < -0.4 is 10.6 Å². The van der Waals surface area contributed by atoms with Crippen LogP contribution in [0, 0.1) is 5.92 Å². The second kappa shape index (κ2) is 5.50. The number of carbonyl (C=O) groups excluding carboxylic acids is 1. The first-order chi connectivity index (χ1) is 7.78. The molecule has 2 atom stereocenters. The van der Waals surface area contributed by atoms with Crippen molar-refractivity contribution in [2.75, 3.05) is 39.8 Å². The van der Waals surface area contributed by atoms with Crippen LogP contribution in [0.3, 0.4) is 0 Å². The first-order valence-corrected chi connectivity index (χ1v) is 6.09. The molecule has 2 fully saturated rings. The summed E-state index contributed by atoms with van der Waals surface area (Å²) in [7, 11) is 2.00. The maximum absolute atomic E-state index is 10.9. The third-order valence-electron chi connectivity index (χ3n) is 3.31. The molecule has 2 rings (SSSR count). The van der Waals surface area contributed by atoms with Crippen LogP contribution >= 0.6 is 0 Å². The van der Waals surface area contributed by atoms with E-state index in [9.17, 15) is 4.79 Å². The van der Waals surface area contributed by atoms with E-state index < -0.39 is 0 Å². The molecule has 5 heteroatoms.